The number of hydrogen-bond acceptors (Lipinski definition) is 5. The van der Waals surface area contributed by atoms with Crippen molar-refractivity contribution >= 4 is 0 Å². The quantitative estimate of drug-likeness (QED) is 0.917. The number of aromatic nitrogens is 2. The second-order valence-electron chi connectivity index (χ2n) is 3.66. The summed E-state index contributed by atoms with van der Waals surface area (Å²) in [4.78, 5) is 3.77. The summed E-state index contributed by atoms with van der Waals surface area (Å²) >= 11 is 0. The van der Waals surface area contributed by atoms with Crippen LogP contribution in [0, 0.1) is 6.92 Å². The van der Waals surface area contributed by atoms with E-state index in [1.54, 1.807) is 13.0 Å². The van der Waals surface area contributed by atoms with E-state index in [9.17, 15) is 13.2 Å². The third-order valence-corrected chi connectivity index (χ3v) is 2.31. The van der Waals surface area contributed by atoms with Crippen molar-refractivity contribution in [1.29, 1.82) is 0 Å². The molecule has 1 atom stereocenters. The molecule has 2 aromatic heterocycles. The lowest BCUT2D eigenvalue weighted by Gasteiger charge is -2.11. The van der Waals surface area contributed by atoms with E-state index < -0.39 is 18.7 Å². The number of aliphatic hydroxyl groups excluding tert-OH is 1. The Morgan fingerprint density at radius 1 is 1.44 bits per heavy atom. The second kappa shape index (κ2) is 4.45. The Labute approximate surface area is 99.2 Å². The molecule has 2 heterocycles. The Bertz CT molecular complexity index is 532. The molecule has 1 N–H and O–H groups in total. The van der Waals surface area contributed by atoms with E-state index in [0.717, 1.165) is 0 Å². The lowest BCUT2D eigenvalue weighted by Crippen LogP contribution is -2.30. The van der Waals surface area contributed by atoms with Crippen molar-refractivity contribution < 1.29 is 27.2 Å². The van der Waals surface area contributed by atoms with Crippen molar-refractivity contribution in [3.63, 3.8) is 0 Å². The van der Waals surface area contributed by atoms with Gasteiger partial charge in [0.25, 0.3) is 0 Å². The molecule has 0 aliphatic rings. The Morgan fingerprint density at radius 3 is 2.72 bits per heavy atom. The summed E-state index contributed by atoms with van der Waals surface area (Å²) in [6.07, 6.45) is -6.59. The van der Waals surface area contributed by atoms with Gasteiger partial charge in [-0.15, -0.1) is 0 Å². The molecule has 0 saturated heterocycles. The molecule has 0 aromatic carbocycles. The number of hydrogen-bond donors (Lipinski definition) is 1. The molecule has 0 aliphatic heterocycles. The average molecular weight is 262 g/mol. The molecular formula is C10H9F3N2O3. The van der Waals surface area contributed by atoms with E-state index in [-0.39, 0.29) is 11.7 Å². The number of aliphatic hydroxyl groups is 1. The van der Waals surface area contributed by atoms with Crippen molar-refractivity contribution in [2.75, 3.05) is 0 Å². The Balaban J connectivity index is 2.15. The van der Waals surface area contributed by atoms with Crippen molar-refractivity contribution in [3.05, 3.63) is 24.0 Å². The minimum absolute atomic E-state index is 0.130. The molecule has 2 aromatic rings. The van der Waals surface area contributed by atoms with E-state index in [2.05, 4.69) is 14.7 Å². The molecule has 0 saturated carbocycles. The highest BCUT2D eigenvalue weighted by molar-refractivity contribution is 5.56. The molecule has 0 aliphatic carbocycles. The minimum Gasteiger partial charge on any atom is -0.469 e. The predicted molar refractivity (Wildman–Crippen MR) is 52.5 cm³/mol. The number of aryl methyl sites for hydroxylation is 1. The van der Waals surface area contributed by atoms with Gasteiger partial charge in [-0.1, -0.05) is 5.16 Å². The number of halogens is 3. The number of nitrogens with zero attached hydrogens (tertiary/aromatic N) is 2. The highest BCUT2D eigenvalue weighted by atomic mass is 19.4. The van der Waals surface area contributed by atoms with Gasteiger partial charge in [-0.3, -0.25) is 0 Å². The summed E-state index contributed by atoms with van der Waals surface area (Å²) in [7, 11) is 0. The van der Waals surface area contributed by atoms with Gasteiger partial charge >= 0.3 is 6.18 Å². The third kappa shape index (κ3) is 2.53. The zero-order chi connectivity index (χ0) is 13.3. The SMILES string of the molecule is Cc1occc1-c1noc(CC(O)C(F)(F)F)n1. The van der Waals surface area contributed by atoms with Crippen LogP contribution in [0.3, 0.4) is 0 Å². The Hall–Kier alpha value is -1.83. The zero-order valence-corrected chi connectivity index (χ0v) is 9.23. The number of rotatable bonds is 3. The first-order chi connectivity index (χ1) is 8.38. The molecular weight excluding hydrogens is 253 g/mol. The standard InChI is InChI=1S/C10H9F3N2O3/c1-5-6(2-3-17-5)9-14-8(18-15-9)4-7(16)10(11,12)13/h2-3,7,16H,4H2,1H3. The van der Waals surface area contributed by atoms with Gasteiger partial charge in [0, 0.05) is 0 Å². The third-order valence-electron chi connectivity index (χ3n) is 2.31. The predicted octanol–water partition coefficient (Wildman–Crippen LogP) is 2.10. The van der Waals surface area contributed by atoms with Gasteiger partial charge < -0.3 is 14.0 Å². The van der Waals surface area contributed by atoms with Crippen LogP contribution < -0.4 is 0 Å². The van der Waals surface area contributed by atoms with E-state index in [0.29, 0.717) is 11.3 Å². The lowest BCUT2D eigenvalue weighted by atomic mass is 10.2. The fourth-order valence-electron chi connectivity index (χ4n) is 1.35. The summed E-state index contributed by atoms with van der Waals surface area (Å²) in [5, 5.41) is 12.4. The highest BCUT2D eigenvalue weighted by Crippen LogP contribution is 2.24. The van der Waals surface area contributed by atoms with Crippen LogP contribution in [0.2, 0.25) is 0 Å². The van der Waals surface area contributed by atoms with Gasteiger partial charge in [-0.2, -0.15) is 18.2 Å². The van der Waals surface area contributed by atoms with Crippen LogP contribution in [0.25, 0.3) is 11.4 Å². The van der Waals surface area contributed by atoms with Crippen LogP contribution >= 0.6 is 0 Å². The van der Waals surface area contributed by atoms with Crippen molar-refractivity contribution in [2.45, 2.75) is 25.6 Å². The topological polar surface area (TPSA) is 72.3 Å². The van der Waals surface area contributed by atoms with Gasteiger partial charge in [0.2, 0.25) is 11.7 Å². The molecule has 0 bridgehead atoms. The Kier molecular flexibility index (Phi) is 3.12. The van der Waals surface area contributed by atoms with Crippen molar-refractivity contribution in [3.8, 4) is 11.4 Å². The van der Waals surface area contributed by atoms with Gasteiger partial charge in [0.05, 0.1) is 18.2 Å². The van der Waals surface area contributed by atoms with Crippen molar-refractivity contribution in [2.24, 2.45) is 0 Å². The first kappa shape index (κ1) is 12.6. The number of alkyl halides is 3. The maximum atomic E-state index is 12.1. The molecule has 98 valence electrons. The molecule has 2 rings (SSSR count). The molecule has 8 heteroatoms. The molecule has 1 unspecified atom stereocenters. The van der Waals surface area contributed by atoms with Gasteiger partial charge in [-0.05, 0) is 13.0 Å². The second-order valence-corrected chi connectivity index (χ2v) is 3.66. The molecule has 0 fully saturated rings. The Morgan fingerprint density at radius 2 is 2.17 bits per heavy atom. The summed E-state index contributed by atoms with van der Waals surface area (Å²) in [5.74, 6) is 0.375. The zero-order valence-electron chi connectivity index (χ0n) is 9.23. The fraction of sp³-hybridized carbons (Fsp3) is 0.400. The van der Waals surface area contributed by atoms with Gasteiger partial charge in [-0.25, -0.2) is 0 Å². The molecule has 5 nitrogen and oxygen atoms in total. The fourth-order valence-corrected chi connectivity index (χ4v) is 1.35. The minimum atomic E-state index is -4.71. The van der Waals surface area contributed by atoms with Gasteiger partial charge in [0.1, 0.15) is 5.76 Å². The largest absolute Gasteiger partial charge is 0.469 e. The first-order valence-electron chi connectivity index (χ1n) is 4.99. The monoisotopic (exact) mass is 262 g/mol. The van der Waals surface area contributed by atoms with Crippen LogP contribution in [0.15, 0.2) is 21.3 Å². The summed E-state index contributed by atoms with van der Waals surface area (Å²) in [6, 6.07) is 1.57. The first-order valence-corrected chi connectivity index (χ1v) is 4.99. The van der Waals surface area contributed by atoms with Crippen molar-refractivity contribution in [1.82, 2.24) is 10.1 Å². The molecule has 0 spiro atoms. The molecule has 0 radical (unpaired) electrons. The van der Waals surface area contributed by atoms with E-state index >= 15 is 0 Å². The molecule has 18 heavy (non-hydrogen) atoms. The summed E-state index contributed by atoms with van der Waals surface area (Å²) in [6.45, 7) is 1.66. The normalized spacial score (nSPS) is 13.8. The average Bonchev–Trinajstić information content (AvgIpc) is 2.85. The smallest absolute Gasteiger partial charge is 0.414 e. The van der Waals surface area contributed by atoms with Crippen LogP contribution in [0.1, 0.15) is 11.7 Å². The van der Waals surface area contributed by atoms with E-state index in [1.807, 2.05) is 0 Å². The molecule has 0 amide bonds. The van der Waals surface area contributed by atoms with E-state index in [1.165, 1.54) is 6.26 Å². The van der Waals surface area contributed by atoms with Crippen LogP contribution in [-0.4, -0.2) is 27.5 Å². The van der Waals surface area contributed by atoms with Crippen LogP contribution in [-0.2, 0) is 6.42 Å². The van der Waals surface area contributed by atoms with Gasteiger partial charge in [0.15, 0.2) is 6.10 Å². The maximum Gasteiger partial charge on any atom is 0.414 e. The highest BCUT2D eigenvalue weighted by Gasteiger charge is 2.39. The maximum absolute atomic E-state index is 12.1. The lowest BCUT2D eigenvalue weighted by molar-refractivity contribution is -0.204. The van der Waals surface area contributed by atoms with E-state index in [4.69, 9.17) is 9.52 Å². The summed E-state index contributed by atoms with van der Waals surface area (Å²) < 4.78 is 46.0. The number of furan rings is 1. The van der Waals surface area contributed by atoms with Crippen LogP contribution in [0.5, 0.6) is 0 Å². The van der Waals surface area contributed by atoms with Crippen LogP contribution in [0.4, 0.5) is 13.2 Å². The summed E-state index contributed by atoms with van der Waals surface area (Å²) in [5.41, 5.74) is 0.534.